The van der Waals surface area contributed by atoms with Gasteiger partial charge in [-0.05, 0) is 6.42 Å². The fourth-order valence-electron chi connectivity index (χ4n) is 3.06. The Kier molecular flexibility index (Phi) is 4.57. The molecule has 1 unspecified atom stereocenters. The molecule has 1 saturated heterocycles. The molecule has 0 saturated carbocycles. The van der Waals surface area contributed by atoms with Crippen LogP contribution in [0.3, 0.4) is 0 Å². The molecule has 130 valence electrons. The average Bonchev–Trinajstić information content (AvgIpc) is 3.05. The van der Waals surface area contributed by atoms with Crippen LogP contribution in [0.4, 0.5) is 0 Å². The third kappa shape index (κ3) is 2.66. The molecule has 8 heteroatoms. The summed E-state index contributed by atoms with van der Waals surface area (Å²) in [6.45, 7) is 4.06. The van der Waals surface area contributed by atoms with Crippen molar-refractivity contribution in [2.75, 3.05) is 26.8 Å². The highest BCUT2D eigenvalue weighted by atomic mass is 16.5. The minimum atomic E-state index is -0.732. The number of fused-ring (bicyclic) bond motifs is 2. The van der Waals surface area contributed by atoms with Gasteiger partial charge >= 0.3 is 5.97 Å². The van der Waals surface area contributed by atoms with Crippen molar-refractivity contribution in [3.05, 3.63) is 27.7 Å². The molecule has 0 bridgehead atoms. The Morgan fingerprint density at radius 3 is 2.92 bits per heavy atom. The van der Waals surface area contributed by atoms with Crippen molar-refractivity contribution >= 4 is 11.9 Å². The summed E-state index contributed by atoms with van der Waals surface area (Å²) in [5.41, 5.74) is -0.501. The number of nitrogens with zero attached hydrogens (tertiary/aromatic N) is 2. The quantitative estimate of drug-likeness (QED) is 0.611. The maximum Gasteiger partial charge on any atom is 0.343 e. The number of methoxy groups -OCH3 is 1. The zero-order valence-corrected chi connectivity index (χ0v) is 13.8. The molecule has 0 radical (unpaired) electrons. The van der Waals surface area contributed by atoms with Gasteiger partial charge in [0.2, 0.25) is 5.43 Å². The summed E-state index contributed by atoms with van der Waals surface area (Å²) in [6.07, 6.45) is 2.91. The molecule has 1 aromatic heterocycles. The summed E-state index contributed by atoms with van der Waals surface area (Å²) in [6, 6.07) is 0. The molecule has 24 heavy (non-hydrogen) atoms. The molecular weight excluding hydrogens is 314 g/mol. The Morgan fingerprint density at radius 1 is 1.42 bits per heavy atom. The zero-order valence-electron chi connectivity index (χ0n) is 13.8. The summed E-state index contributed by atoms with van der Waals surface area (Å²) in [5.74, 6) is -1.04. The first-order valence-electron chi connectivity index (χ1n) is 8.11. The van der Waals surface area contributed by atoms with Crippen molar-refractivity contribution in [3.63, 3.8) is 0 Å². The maximum atomic E-state index is 12.8. The fraction of sp³-hybridized carbons (Fsp3) is 0.562. The van der Waals surface area contributed by atoms with Gasteiger partial charge in [0.1, 0.15) is 11.7 Å². The van der Waals surface area contributed by atoms with Crippen molar-refractivity contribution in [2.45, 2.75) is 32.5 Å². The number of pyridine rings is 1. The van der Waals surface area contributed by atoms with E-state index < -0.39 is 11.4 Å². The molecule has 1 aromatic rings. The number of carbonyl (C=O) groups is 2. The Hall–Kier alpha value is -2.35. The highest BCUT2D eigenvalue weighted by Gasteiger charge is 2.39. The summed E-state index contributed by atoms with van der Waals surface area (Å²) in [4.78, 5) is 39.0. The van der Waals surface area contributed by atoms with Gasteiger partial charge in [0, 0.05) is 19.3 Å². The van der Waals surface area contributed by atoms with Crippen LogP contribution in [0.15, 0.2) is 11.0 Å². The van der Waals surface area contributed by atoms with E-state index in [0.29, 0.717) is 26.2 Å². The highest BCUT2D eigenvalue weighted by Crippen LogP contribution is 2.25. The standard InChI is InChI=1S/C16H21N3O5/c1-3-4-7-24-14-12-15(21)19-6-5-17-11(19)9-18(12)8-10(13(14)20)16(22)23-2/h8,11,17H,3-7,9H2,1-2H3. The molecule has 0 spiro atoms. The van der Waals surface area contributed by atoms with Crippen LogP contribution >= 0.6 is 0 Å². The van der Waals surface area contributed by atoms with Gasteiger partial charge in [0.25, 0.3) is 5.91 Å². The molecule has 1 fully saturated rings. The number of rotatable bonds is 5. The van der Waals surface area contributed by atoms with Gasteiger partial charge in [0.05, 0.1) is 20.3 Å². The molecule has 3 heterocycles. The van der Waals surface area contributed by atoms with Gasteiger partial charge in [-0.25, -0.2) is 4.79 Å². The number of nitrogens with one attached hydrogen (secondary N) is 1. The van der Waals surface area contributed by atoms with Gasteiger partial charge in [-0.2, -0.15) is 0 Å². The van der Waals surface area contributed by atoms with Crippen LogP contribution in [0.1, 0.15) is 40.6 Å². The Bertz CT molecular complexity index is 727. The van der Waals surface area contributed by atoms with Crippen LogP contribution in [-0.2, 0) is 11.3 Å². The lowest BCUT2D eigenvalue weighted by atomic mass is 10.1. The van der Waals surface area contributed by atoms with E-state index in [-0.39, 0.29) is 29.1 Å². The molecule has 0 aromatic carbocycles. The topological polar surface area (TPSA) is 89.9 Å². The number of aromatic nitrogens is 1. The molecule has 1 amide bonds. The second kappa shape index (κ2) is 6.64. The SMILES string of the molecule is CCCCOc1c2n(cc(C(=O)OC)c1=O)CC1NCCN1C2=O. The van der Waals surface area contributed by atoms with Crippen molar-refractivity contribution in [2.24, 2.45) is 0 Å². The van der Waals surface area contributed by atoms with E-state index in [4.69, 9.17) is 4.74 Å². The van der Waals surface area contributed by atoms with E-state index in [0.717, 1.165) is 12.8 Å². The maximum absolute atomic E-state index is 12.8. The lowest BCUT2D eigenvalue weighted by molar-refractivity contribution is 0.0585. The normalized spacial score (nSPS) is 19.0. The third-order valence-corrected chi connectivity index (χ3v) is 4.33. The number of esters is 1. The predicted octanol–water partition coefficient (Wildman–Crippen LogP) is 0.199. The van der Waals surface area contributed by atoms with E-state index in [1.165, 1.54) is 13.3 Å². The van der Waals surface area contributed by atoms with Crippen molar-refractivity contribution < 1.29 is 19.1 Å². The zero-order chi connectivity index (χ0) is 17.3. The largest absolute Gasteiger partial charge is 0.487 e. The number of amides is 1. The minimum absolute atomic E-state index is 0.0540. The van der Waals surface area contributed by atoms with Crippen molar-refractivity contribution in [1.29, 1.82) is 0 Å². The van der Waals surface area contributed by atoms with Gasteiger partial charge in [0.15, 0.2) is 11.4 Å². The molecule has 2 aliphatic heterocycles. The molecule has 1 atom stereocenters. The highest BCUT2D eigenvalue weighted by molar-refractivity contribution is 5.98. The first kappa shape index (κ1) is 16.5. The molecule has 3 rings (SSSR count). The summed E-state index contributed by atoms with van der Waals surface area (Å²) in [7, 11) is 1.22. The lowest BCUT2D eigenvalue weighted by Crippen LogP contribution is -2.49. The number of hydrogen-bond acceptors (Lipinski definition) is 6. The average molecular weight is 335 g/mol. The second-order valence-corrected chi connectivity index (χ2v) is 5.86. The monoisotopic (exact) mass is 335 g/mol. The van der Waals surface area contributed by atoms with Gasteiger partial charge in [-0.3, -0.25) is 14.9 Å². The molecule has 1 N–H and O–H groups in total. The molecule has 0 aliphatic carbocycles. The van der Waals surface area contributed by atoms with E-state index in [1.807, 2.05) is 6.92 Å². The molecule has 2 aliphatic rings. The molecule has 8 nitrogen and oxygen atoms in total. The number of ether oxygens (including phenoxy) is 2. The Labute approximate surface area is 139 Å². The summed E-state index contributed by atoms with van der Waals surface area (Å²) < 4.78 is 11.9. The number of carbonyl (C=O) groups excluding carboxylic acids is 2. The van der Waals surface area contributed by atoms with Crippen molar-refractivity contribution in [1.82, 2.24) is 14.8 Å². The van der Waals surface area contributed by atoms with Crippen molar-refractivity contribution in [3.8, 4) is 5.75 Å². The Morgan fingerprint density at radius 2 is 2.21 bits per heavy atom. The van der Waals surface area contributed by atoms with Gasteiger partial charge in [-0.15, -0.1) is 0 Å². The summed E-state index contributed by atoms with van der Waals surface area (Å²) in [5, 5.41) is 3.23. The van der Waals surface area contributed by atoms with E-state index in [9.17, 15) is 14.4 Å². The van der Waals surface area contributed by atoms with Crippen LogP contribution in [0.2, 0.25) is 0 Å². The van der Waals surface area contributed by atoms with Crippen LogP contribution in [0.25, 0.3) is 0 Å². The lowest BCUT2D eigenvalue weighted by Gasteiger charge is -2.33. The second-order valence-electron chi connectivity index (χ2n) is 5.86. The van der Waals surface area contributed by atoms with Gasteiger partial charge in [-0.1, -0.05) is 13.3 Å². The predicted molar refractivity (Wildman–Crippen MR) is 85.3 cm³/mol. The van der Waals surface area contributed by atoms with Crippen LogP contribution in [0, 0.1) is 0 Å². The van der Waals surface area contributed by atoms with E-state index >= 15 is 0 Å². The first-order chi connectivity index (χ1) is 11.6. The van der Waals surface area contributed by atoms with Crippen LogP contribution < -0.4 is 15.5 Å². The fourth-order valence-corrected chi connectivity index (χ4v) is 3.06. The van der Waals surface area contributed by atoms with Crippen LogP contribution in [0.5, 0.6) is 5.75 Å². The van der Waals surface area contributed by atoms with E-state index in [1.54, 1.807) is 9.47 Å². The van der Waals surface area contributed by atoms with Crippen LogP contribution in [-0.4, -0.2) is 54.3 Å². The first-order valence-corrected chi connectivity index (χ1v) is 8.11. The molecular formula is C16H21N3O5. The van der Waals surface area contributed by atoms with Gasteiger partial charge < -0.3 is 18.9 Å². The number of unbranched alkanes of at least 4 members (excludes halogenated alkanes) is 1. The minimum Gasteiger partial charge on any atom is -0.487 e. The van der Waals surface area contributed by atoms with E-state index in [2.05, 4.69) is 10.1 Å². The summed E-state index contributed by atoms with van der Waals surface area (Å²) >= 11 is 0. The third-order valence-electron chi connectivity index (χ3n) is 4.33. The smallest absolute Gasteiger partial charge is 0.343 e. The number of hydrogen-bond donors (Lipinski definition) is 1. The Balaban J connectivity index is 2.11.